The van der Waals surface area contributed by atoms with Crippen LogP contribution in [0.3, 0.4) is 0 Å². The first-order chi connectivity index (χ1) is 11.7. The second kappa shape index (κ2) is 9.03. The van der Waals surface area contributed by atoms with Crippen LogP contribution in [0.2, 0.25) is 5.02 Å². The number of hydrogen-bond donors (Lipinski definition) is 0. The van der Waals surface area contributed by atoms with E-state index in [-0.39, 0.29) is 6.61 Å². The summed E-state index contributed by atoms with van der Waals surface area (Å²) in [4.78, 5) is 5.33. The van der Waals surface area contributed by atoms with Gasteiger partial charge in [-0.1, -0.05) is 16.8 Å². The Morgan fingerprint density at radius 2 is 1.75 bits per heavy atom. The van der Waals surface area contributed by atoms with Crippen molar-refractivity contribution in [1.82, 2.24) is 0 Å². The van der Waals surface area contributed by atoms with Crippen molar-refractivity contribution in [2.24, 2.45) is 5.16 Å². The molecule has 0 aromatic heterocycles. The zero-order chi connectivity index (χ0) is 17.4. The molecule has 0 saturated carbocycles. The normalized spacial score (nSPS) is 10.7. The van der Waals surface area contributed by atoms with Crippen molar-refractivity contribution < 1.29 is 19.0 Å². The van der Waals surface area contributed by atoms with Crippen LogP contribution in [0.4, 0.5) is 0 Å². The number of benzene rings is 2. The lowest BCUT2D eigenvalue weighted by Crippen LogP contribution is -1.96. The molecule has 0 aliphatic carbocycles. The molecule has 0 unspecified atom stereocenters. The van der Waals surface area contributed by atoms with Gasteiger partial charge in [0.25, 0.3) is 0 Å². The molecule has 24 heavy (non-hydrogen) atoms. The number of halogens is 1. The summed E-state index contributed by atoms with van der Waals surface area (Å²) < 4.78 is 16.0. The molecule has 0 saturated heterocycles. The fourth-order valence-electron chi connectivity index (χ4n) is 2.10. The van der Waals surface area contributed by atoms with Crippen LogP contribution in [0.1, 0.15) is 18.1 Å². The number of methoxy groups -OCH3 is 2. The molecule has 6 heteroatoms. The Morgan fingerprint density at radius 1 is 1.00 bits per heavy atom. The van der Waals surface area contributed by atoms with Crippen LogP contribution in [-0.2, 0) is 11.4 Å². The molecule has 2 aromatic carbocycles. The summed E-state index contributed by atoms with van der Waals surface area (Å²) in [6, 6.07) is 10.9. The Kier molecular flexibility index (Phi) is 6.75. The van der Waals surface area contributed by atoms with Crippen molar-refractivity contribution in [3.8, 4) is 17.2 Å². The minimum Gasteiger partial charge on any atom is -0.496 e. The van der Waals surface area contributed by atoms with Gasteiger partial charge in [-0.05, 0) is 43.3 Å². The number of oxime groups is 1. The van der Waals surface area contributed by atoms with Crippen LogP contribution in [0.25, 0.3) is 0 Å². The molecule has 0 bridgehead atoms. The van der Waals surface area contributed by atoms with E-state index < -0.39 is 0 Å². The van der Waals surface area contributed by atoms with E-state index in [9.17, 15) is 0 Å². The first-order valence-corrected chi connectivity index (χ1v) is 7.84. The average molecular weight is 350 g/mol. The second-order valence-corrected chi connectivity index (χ2v) is 5.24. The summed E-state index contributed by atoms with van der Waals surface area (Å²) in [5.41, 5.74) is 1.67. The van der Waals surface area contributed by atoms with E-state index in [1.807, 2.05) is 25.1 Å². The van der Waals surface area contributed by atoms with Gasteiger partial charge in [-0.25, -0.2) is 0 Å². The lowest BCUT2D eigenvalue weighted by Gasteiger charge is -2.09. The number of ether oxygens (including phenoxy) is 3. The summed E-state index contributed by atoms with van der Waals surface area (Å²) in [7, 11) is 3.20. The molecule has 0 aliphatic heterocycles. The number of hydrogen-bond acceptors (Lipinski definition) is 5. The van der Waals surface area contributed by atoms with E-state index in [1.54, 1.807) is 38.6 Å². The van der Waals surface area contributed by atoms with Crippen molar-refractivity contribution in [2.45, 2.75) is 13.5 Å². The molecule has 2 rings (SSSR count). The van der Waals surface area contributed by atoms with Gasteiger partial charge in [0.2, 0.25) is 0 Å². The lowest BCUT2D eigenvalue weighted by atomic mass is 10.2. The average Bonchev–Trinajstić information content (AvgIpc) is 2.60. The highest BCUT2D eigenvalue weighted by Crippen LogP contribution is 2.27. The van der Waals surface area contributed by atoms with Crippen LogP contribution < -0.4 is 14.2 Å². The Bertz CT molecular complexity index is 703. The largest absolute Gasteiger partial charge is 0.496 e. The molecule has 0 amide bonds. The van der Waals surface area contributed by atoms with Crippen molar-refractivity contribution in [2.75, 3.05) is 20.8 Å². The highest BCUT2D eigenvalue weighted by molar-refractivity contribution is 6.30. The molecule has 0 radical (unpaired) electrons. The predicted octanol–water partition coefficient (Wildman–Crippen LogP) is 4.31. The van der Waals surface area contributed by atoms with Gasteiger partial charge in [-0.2, -0.15) is 0 Å². The second-order valence-electron chi connectivity index (χ2n) is 4.81. The van der Waals surface area contributed by atoms with Gasteiger partial charge in [0, 0.05) is 16.1 Å². The Morgan fingerprint density at radius 3 is 2.46 bits per heavy atom. The molecule has 0 atom stereocenters. The molecule has 128 valence electrons. The van der Waals surface area contributed by atoms with Gasteiger partial charge in [-0.15, -0.1) is 0 Å². The monoisotopic (exact) mass is 349 g/mol. The summed E-state index contributed by atoms with van der Waals surface area (Å²) in [5.74, 6) is 2.05. The maximum atomic E-state index is 5.98. The topological polar surface area (TPSA) is 49.3 Å². The van der Waals surface area contributed by atoms with Crippen LogP contribution in [0.15, 0.2) is 41.6 Å². The van der Waals surface area contributed by atoms with Crippen LogP contribution in [-0.4, -0.2) is 27.0 Å². The molecule has 0 fully saturated rings. The van der Waals surface area contributed by atoms with Crippen molar-refractivity contribution in [1.29, 1.82) is 0 Å². The molecule has 0 heterocycles. The molecule has 5 nitrogen and oxygen atoms in total. The van der Waals surface area contributed by atoms with Crippen LogP contribution >= 0.6 is 11.6 Å². The third-order valence-corrected chi connectivity index (χ3v) is 3.46. The van der Waals surface area contributed by atoms with E-state index in [0.717, 1.165) is 11.1 Å². The highest BCUT2D eigenvalue weighted by Gasteiger charge is 2.05. The summed E-state index contributed by atoms with van der Waals surface area (Å²) in [6.07, 6.45) is 1.61. The Labute approximate surface area is 146 Å². The first kappa shape index (κ1) is 17.9. The smallest absolute Gasteiger partial charge is 0.161 e. The van der Waals surface area contributed by atoms with E-state index >= 15 is 0 Å². The fourth-order valence-corrected chi connectivity index (χ4v) is 2.30. The van der Waals surface area contributed by atoms with Crippen molar-refractivity contribution >= 4 is 17.8 Å². The zero-order valence-corrected chi connectivity index (χ0v) is 14.7. The highest BCUT2D eigenvalue weighted by atomic mass is 35.5. The molecule has 0 aliphatic rings. The van der Waals surface area contributed by atoms with Crippen molar-refractivity contribution in [3.05, 3.63) is 52.5 Å². The summed E-state index contributed by atoms with van der Waals surface area (Å²) in [6.45, 7) is 2.76. The maximum absolute atomic E-state index is 5.98. The quantitative estimate of drug-likeness (QED) is 0.526. The molecule has 0 N–H and O–H groups in total. The third-order valence-electron chi connectivity index (χ3n) is 3.23. The van der Waals surface area contributed by atoms with Gasteiger partial charge >= 0.3 is 0 Å². The molecular weight excluding hydrogens is 330 g/mol. The van der Waals surface area contributed by atoms with E-state index in [4.69, 9.17) is 30.6 Å². The van der Waals surface area contributed by atoms with Crippen molar-refractivity contribution in [3.63, 3.8) is 0 Å². The Hall–Kier alpha value is -2.40. The SMILES string of the molecule is CCOc1ccc(/C=N/OCc2cc(Cl)ccc2OC)cc1OC. The zero-order valence-electron chi connectivity index (χ0n) is 13.9. The molecule has 2 aromatic rings. The predicted molar refractivity (Wildman–Crippen MR) is 94.6 cm³/mol. The third kappa shape index (κ3) is 4.80. The standard InChI is InChI=1S/C18H20ClNO4/c1-4-23-17-7-5-13(9-18(17)22-3)11-20-24-12-14-10-15(19)6-8-16(14)21-2/h5-11H,4,12H2,1-3H3/b20-11+. The summed E-state index contributed by atoms with van der Waals surface area (Å²) >= 11 is 5.98. The van der Waals surface area contributed by atoms with Gasteiger partial charge in [-0.3, -0.25) is 0 Å². The first-order valence-electron chi connectivity index (χ1n) is 7.46. The molecule has 0 spiro atoms. The van der Waals surface area contributed by atoms with E-state index in [1.165, 1.54) is 0 Å². The minimum atomic E-state index is 0.258. The van der Waals surface area contributed by atoms with E-state index in [0.29, 0.717) is 28.9 Å². The lowest BCUT2D eigenvalue weighted by molar-refractivity contribution is 0.130. The van der Waals surface area contributed by atoms with Gasteiger partial charge in [0.05, 0.1) is 27.0 Å². The summed E-state index contributed by atoms with van der Waals surface area (Å²) in [5, 5.41) is 4.59. The Balaban J connectivity index is 2.01. The number of nitrogens with zero attached hydrogens (tertiary/aromatic N) is 1. The van der Waals surface area contributed by atoms with Gasteiger partial charge in [0.1, 0.15) is 12.4 Å². The van der Waals surface area contributed by atoms with E-state index in [2.05, 4.69) is 5.16 Å². The van der Waals surface area contributed by atoms with Crippen LogP contribution in [0.5, 0.6) is 17.2 Å². The minimum absolute atomic E-state index is 0.258. The molecular formula is C18H20ClNO4. The fraction of sp³-hybridized carbons (Fsp3) is 0.278. The maximum Gasteiger partial charge on any atom is 0.161 e. The van der Waals surface area contributed by atoms with Gasteiger partial charge in [0.15, 0.2) is 11.5 Å². The van der Waals surface area contributed by atoms with Crippen LogP contribution in [0, 0.1) is 0 Å². The number of rotatable bonds is 8. The van der Waals surface area contributed by atoms with Gasteiger partial charge < -0.3 is 19.0 Å².